The number of carbonyl (C=O) groups excluding carboxylic acids is 1. The molecule has 0 radical (unpaired) electrons. The number of rotatable bonds is 7. The number of hydrogen-bond acceptors (Lipinski definition) is 5. The molecule has 1 amide bonds. The van der Waals surface area contributed by atoms with Gasteiger partial charge in [-0.1, -0.05) is 0 Å². The van der Waals surface area contributed by atoms with Crippen molar-refractivity contribution in [3.8, 4) is 0 Å². The molecule has 19 heavy (non-hydrogen) atoms. The summed E-state index contributed by atoms with van der Waals surface area (Å²) in [6, 6.07) is 0.388. The van der Waals surface area contributed by atoms with E-state index in [1.807, 2.05) is 0 Å². The zero-order chi connectivity index (χ0) is 14.4. The summed E-state index contributed by atoms with van der Waals surface area (Å²) in [5, 5.41) is 24.3. The summed E-state index contributed by atoms with van der Waals surface area (Å²) in [5.41, 5.74) is 0.757. The second-order valence-electron chi connectivity index (χ2n) is 3.75. The number of carboxylic acid groups (broad SMARTS) is 2. The predicted molar refractivity (Wildman–Crippen MR) is 69.6 cm³/mol. The maximum atomic E-state index is 11.8. The van der Waals surface area contributed by atoms with Crippen molar-refractivity contribution in [2.45, 2.75) is 18.9 Å². The van der Waals surface area contributed by atoms with Crippen LogP contribution in [0, 0.1) is 0 Å². The van der Waals surface area contributed by atoms with E-state index in [9.17, 15) is 14.4 Å². The lowest BCUT2D eigenvalue weighted by Gasteiger charge is -2.12. The first-order valence-electron chi connectivity index (χ1n) is 5.45. The fourth-order valence-corrected chi connectivity index (χ4v) is 2.14. The van der Waals surface area contributed by atoms with Gasteiger partial charge in [0.05, 0.1) is 4.88 Å². The highest BCUT2D eigenvalue weighted by Crippen LogP contribution is 2.18. The highest BCUT2D eigenvalue weighted by Gasteiger charge is 2.22. The molecule has 0 aliphatic carbocycles. The van der Waals surface area contributed by atoms with E-state index in [-0.39, 0.29) is 12.8 Å². The zero-order valence-corrected chi connectivity index (χ0v) is 11.0. The van der Waals surface area contributed by atoms with Gasteiger partial charge in [0.15, 0.2) is 0 Å². The summed E-state index contributed by atoms with van der Waals surface area (Å²) in [4.78, 5) is 33.5. The van der Waals surface area contributed by atoms with E-state index in [1.54, 1.807) is 18.5 Å². The van der Waals surface area contributed by atoms with E-state index in [0.717, 1.165) is 5.69 Å². The molecule has 1 atom stereocenters. The van der Waals surface area contributed by atoms with Crippen LogP contribution < -0.4 is 10.6 Å². The number of amides is 1. The summed E-state index contributed by atoms with van der Waals surface area (Å²) in [6.45, 7) is 0. The van der Waals surface area contributed by atoms with Gasteiger partial charge >= 0.3 is 11.9 Å². The summed E-state index contributed by atoms with van der Waals surface area (Å²) >= 11 is 1.18. The summed E-state index contributed by atoms with van der Waals surface area (Å²) < 4.78 is 0. The van der Waals surface area contributed by atoms with Crippen LogP contribution in [0.2, 0.25) is 0 Å². The Morgan fingerprint density at radius 3 is 2.53 bits per heavy atom. The number of nitrogens with one attached hydrogen (secondary N) is 2. The van der Waals surface area contributed by atoms with Gasteiger partial charge in [-0.2, -0.15) is 0 Å². The molecule has 0 bridgehead atoms. The van der Waals surface area contributed by atoms with Crippen LogP contribution in [0.3, 0.4) is 0 Å². The van der Waals surface area contributed by atoms with Crippen LogP contribution in [0.5, 0.6) is 0 Å². The SMILES string of the molecule is CNc1csc(C(=O)N[C@@H](CCC(=O)O)C(=O)O)c1. The van der Waals surface area contributed by atoms with Gasteiger partial charge < -0.3 is 20.8 Å². The van der Waals surface area contributed by atoms with Crippen molar-refractivity contribution in [1.82, 2.24) is 5.32 Å². The quantitative estimate of drug-likeness (QED) is 0.590. The molecule has 104 valence electrons. The van der Waals surface area contributed by atoms with Crippen molar-refractivity contribution in [3.63, 3.8) is 0 Å². The lowest BCUT2D eigenvalue weighted by atomic mass is 10.1. The van der Waals surface area contributed by atoms with Crippen molar-refractivity contribution in [2.24, 2.45) is 0 Å². The molecule has 0 aliphatic heterocycles. The first kappa shape index (κ1) is 15.0. The largest absolute Gasteiger partial charge is 0.481 e. The molecule has 1 heterocycles. The zero-order valence-electron chi connectivity index (χ0n) is 10.2. The van der Waals surface area contributed by atoms with Gasteiger partial charge in [-0.25, -0.2) is 4.79 Å². The van der Waals surface area contributed by atoms with Crippen LogP contribution in [0.4, 0.5) is 5.69 Å². The van der Waals surface area contributed by atoms with Crippen LogP contribution in [0.15, 0.2) is 11.4 Å². The topological polar surface area (TPSA) is 116 Å². The summed E-state index contributed by atoms with van der Waals surface area (Å²) in [6.07, 6.45) is -0.468. The molecule has 0 aliphatic rings. The second kappa shape index (κ2) is 6.74. The van der Waals surface area contributed by atoms with Crippen molar-refractivity contribution in [3.05, 3.63) is 16.3 Å². The van der Waals surface area contributed by atoms with Gasteiger partial charge in [0, 0.05) is 24.5 Å². The first-order chi connectivity index (χ1) is 8.93. The van der Waals surface area contributed by atoms with E-state index in [0.29, 0.717) is 4.88 Å². The summed E-state index contributed by atoms with van der Waals surface area (Å²) in [7, 11) is 1.71. The minimum atomic E-state index is -1.25. The van der Waals surface area contributed by atoms with Crippen LogP contribution in [-0.4, -0.2) is 41.1 Å². The fraction of sp³-hybridized carbons (Fsp3) is 0.364. The first-order valence-corrected chi connectivity index (χ1v) is 6.33. The van der Waals surface area contributed by atoms with Gasteiger partial charge in [0.25, 0.3) is 5.91 Å². The predicted octanol–water partition coefficient (Wildman–Crippen LogP) is 0.838. The average Bonchev–Trinajstić information content (AvgIpc) is 2.82. The smallest absolute Gasteiger partial charge is 0.326 e. The molecule has 1 aromatic heterocycles. The molecule has 1 aromatic rings. The summed E-state index contributed by atoms with van der Waals surface area (Å²) in [5.74, 6) is -2.88. The molecule has 4 N–H and O–H groups in total. The number of carboxylic acids is 2. The standard InChI is InChI=1S/C11H14N2O5S/c1-12-6-4-8(19-5-6)10(16)13-7(11(17)18)2-3-9(14)15/h4-5,7,12H,2-3H2,1H3,(H,13,16)(H,14,15)(H,17,18)/t7-/m0/s1. The molecule has 1 rings (SSSR count). The Hall–Kier alpha value is -2.09. The normalized spacial score (nSPS) is 11.6. The monoisotopic (exact) mass is 286 g/mol. The van der Waals surface area contributed by atoms with E-state index >= 15 is 0 Å². The van der Waals surface area contributed by atoms with Gasteiger partial charge in [0.1, 0.15) is 6.04 Å². The number of hydrogen-bond donors (Lipinski definition) is 4. The Morgan fingerprint density at radius 1 is 1.37 bits per heavy atom. The number of carbonyl (C=O) groups is 3. The lowest BCUT2D eigenvalue weighted by Crippen LogP contribution is -2.40. The highest BCUT2D eigenvalue weighted by atomic mass is 32.1. The Labute approximate surface area is 113 Å². The van der Waals surface area contributed by atoms with Crippen LogP contribution in [0.25, 0.3) is 0 Å². The molecule has 8 heteroatoms. The molecule has 0 unspecified atom stereocenters. The number of anilines is 1. The molecule has 0 saturated carbocycles. The minimum absolute atomic E-state index is 0.152. The molecule has 0 saturated heterocycles. The Kier molecular flexibility index (Phi) is 5.31. The third kappa shape index (κ3) is 4.59. The van der Waals surface area contributed by atoms with Gasteiger partial charge in [-0.3, -0.25) is 9.59 Å². The molecular formula is C11H14N2O5S. The average molecular weight is 286 g/mol. The van der Waals surface area contributed by atoms with Crippen molar-refractivity contribution < 1.29 is 24.6 Å². The van der Waals surface area contributed by atoms with E-state index < -0.39 is 23.9 Å². The molecular weight excluding hydrogens is 272 g/mol. The lowest BCUT2D eigenvalue weighted by molar-refractivity contribution is -0.140. The molecule has 0 fully saturated rings. The highest BCUT2D eigenvalue weighted by molar-refractivity contribution is 7.12. The van der Waals surface area contributed by atoms with E-state index in [4.69, 9.17) is 10.2 Å². The van der Waals surface area contributed by atoms with Crippen LogP contribution >= 0.6 is 11.3 Å². The number of aliphatic carboxylic acids is 2. The molecule has 0 spiro atoms. The van der Waals surface area contributed by atoms with Crippen molar-refractivity contribution in [1.29, 1.82) is 0 Å². The Bertz CT molecular complexity index is 485. The van der Waals surface area contributed by atoms with Gasteiger partial charge in [-0.15, -0.1) is 11.3 Å². The van der Waals surface area contributed by atoms with Crippen molar-refractivity contribution in [2.75, 3.05) is 12.4 Å². The Balaban J connectivity index is 2.65. The minimum Gasteiger partial charge on any atom is -0.481 e. The molecule has 7 nitrogen and oxygen atoms in total. The van der Waals surface area contributed by atoms with Gasteiger partial charge in [0.2, 0.25) is 0 Å². The van der Waals surface area contributed by atoms with Crippen molar-refractivity contribution >= 4 is 34.9 Å². The van der Waals surface area contributed by atoms with Crippen LogP contribution in [-0.2, 0) is 9.59 Å². The van der Waals surface area contributed by atoms with E-state index in [2.05, 4.69) is 10.6 Å². The Morgan fingerprint density at radius 2 is 2.05 bits per heavy atom. The maximum absolute atomic E-state index is 11.8. The third-order valence-electron chi connectivity index (χ3n) is 2.36. The second-order valence-corrected chi connectivity index (χ2v) is 4.66. The molecule has 0 aromatic carbocycles. The van der Waals surface area contributed by atoms with E-state index in [1.165, 1.54) is 11.3 Å². The van der Waals surface area contributed by atoms with Crippen LogP contribution in [0.1, 0.15) is 22.5 Å². The fourth-order valence-electron chi connectivity index (χ4n) is 1.34. The number of thiophene rings is 1. The maximum Gasteiger partial charge on any atom is 0.326 e. The van der Waals surface area contributed by atoms with Gasteiger partial charge in [-0.05, 0) is 12.5 Å². The third-order valence-corrected chi connectivity index (χ3v) is 3.29.